The maximum Gasteiger partial charge on any atom is 0.274 e. The highest BCUT2D eigenvalue weighted by molar-refractivity contribution is 6.42. The average molecular weight is 494 g/mol. The summed E-state index contributed by atoms with van der Waals surface area (Å²) in [7, 11) is 0. The third-order valence-electron chi connectivity index (χ3n) is 5.40. The highest BCUT2D eigenvalue weighted by Gasteiger charge is 2.24. The lowest BCUT2D eigenvalue weighted by atomic mass is 10.2. The van der Waals surface area contributed by atoms with Crippen molar-refractivity contribution in [2.75, 3.05) is 26.2 Å². The topological polar surface area (TPSA) is 50.6 Å². The molecule has 0 saturated carbocycles. The Morgan fingerprint density at radius 2 is 1.72 bits per heavy atom. The van der Waals surface area contributed by atoms with Gasteiger partial charge < -0.3 is 9.64 Å². The number of carbonyl (C=O) groups is 1. The van der Waals surface area contributed by atoms with Crippen molar-refractivity contribution in [1.29, 1.82) is 0 Å². The van der Waals surface area contributed by atoms with Gasteiger partial charge in [0.15, 0.2) is 12.4 Å². The van der Waals surface area contributed by atoms with E-state index in [0.717, 1.165) is 30.8 Å². The number of halogens is 3. The zero-order valence-electron chi connectivity index (χ0n) is 17.6. The van der Waals surface area contributed by atoms with Crippen LogP contribution < -0.4 is 4.74 Å². The largest absolute Gasteiger partial charge is 0.471 e. The number of aryl methyl sites for hydroxylation is 1. The van der Waals surface area contributed by atoms with E-state index in [4.69, 9.17) is 39.5 Å². The van der Waals surface area contributed by atoms with Crippen LogP contribution >= 0.6 is 34.8 Å². The number of aromatic nitrogens is 2. The van der Waals surface area contributed by atoms with E-state index < -0.39 is 0 Å². The van der Waals surface area contributed by atoms with Crippen molar-refractivity contribution in [3.05, 3.63) is 80.6 Å². The van der Waals surface area contributed by atoms with Crippen molar-refractivity contribution in [3.8, 4) is 5.75 Å². The van der Waals surface area contributed by atoms with Gasteiger partial charge in [-0.1, -0.05) is 40.9 Å². The van der Waals surface area contributed by atoms with E-state index in [9.17, 15) is 4.79 Å². The van der Waals surface area contributed by atoms with Gasteiger partial charge in [0, 0.05) is 43.9 Å². The molecule has 2 heterocycles. The number of carbonyl (C=O) groups excluding carboxylic acids is 1. The smallest absolute Gasteiger partial charge is 0.274 e. The molecule has 0 N–H and O–H groups in total. The van der Waals surface area contributed by atoms with Crippen LogP contribution in [0.4, 0.5) is 0 Å². The molecular formula is C23H23Cl3N4O2. The normalized spacial score (nSPS) is 14.6. The maximum atomic E-state index is 12.9. The number of hydrogen-bond donors (Lipinski definition) is 0. The van der Waals surface area contributed by atoms with E-state index in [1.54, 1.807) is 23.0 Å². The molecule has 2 aromatic carbocycles. The van der Waals surface area contributed by atoms with Crippen LogP contribution in [0.3, 0.4) is 0 Å². The molecule has 0 bridgehead atoms. The van der Waals surface area contributed by atoms with Gasteiger partial charge in [-0.25, -0.2) is 4.68 Å². The molecular weight excluding hydrogens is 471 g/mol. The molecule has 32 heavy (non-hydrogen) atoms. The zero-order valence-corrected chi connectivity index (χ0v) is 19.9. The molecule has 9 heteroatoms. The molecule has 168 valence electrons. The first-order chi connectivity index (χ1) is 15.4. The number of nitrogens with zero attached hydrogens (tertiary/aromatic N) is 4. The van der Waals surface area contributed by atoms with E-state index in [1.165, 1.54) is 0 Å². The maximum absolute atomic E-state index is 12.9. The molecule has 0 spiro atoms. The third kappa shape index (κ3) is 5.56. The van der Waals surface area contributed by atoms with Crippen LogP contribution in [0.2, 0.25) is 15.1 Å². The Hall–Kier alpha value is -2.25. The molecule has 3 aromatic rings. The van der Waals surface area contributed by atoms with Crippen molar-refractivity contribution in [3.63, 3.8) is 0 Å². The molecule has 1 aliphatic heterocycles. The molecule has 1 amide bonds. The van der Waals surface area contributed by atoms with Crippen molar-refractivity contribution >= 4 is 40.7 Å². The number of amides is 1. The minimum atomic E-state index is -0.0692. The number of benzene rings is 2. The van der Waals surface area contributed by atoms with Crippen molar-refractivity contribution in [1.82, 2.24) is 19.6 Å². The van der Waals surface area contributed by atoms with Gasteiger partial charge in [0.05, 0.1) is 10.0 Å². The van der Waals surface area contributed by atoms with Crippen LogP contribution in [0.15, 0.2) is 48.7 Å². The predicted molar refractivity (Wildman–Crippen MR) is 127 cm³/mol. The van der Waals surface area contributed by atoms with Crippen molar-refractivity contribution in [2.45, 2.75) is 20.2 Å². The van der Waals surface area contributed by atoms with Crippen LogP contribution in [0.25, 0.3) is 0 Å². The van der Waals surface area contributed by atoms with Gasteiger partial charge >= 0.3 is 0 Å². The zero-order chi connectivity index (χ0) is 22.7. The lowest BCUT2D eigenvalue weighted by Crippen LogP contribution is -2.48. The highest BCUT2D eigenvalue weighted by atomic mass is 35.5. The Balaban J connectivity index is 1.28. The summed E-state index contributed by atoms with van der Waals surface area (Å²) in [6, 6.07) is 12.9. The number of piperazine rings is 1. The van der Waals surface area contributed by atoms with Gasteiger partial charge in [-0.05, 0) is 54.4 Å². The Morgan fingerprint density at radius 3 is 2.44 bits per heavy atom. The Morgan fingerprint density at radius 1 is 0.969 bits per heavy atom. The molecule has 1 fully saturated rings. The van der Waals surface area contributed by atoms with Crippen LogP contribution in [0.5, 0.6) is 5.75 Å². The number of ether oxygens (including phenoxy) is 1. The lowest BCUT2D eigenvalue weighted by molar-refractivity contribution is 0.0621. The summed E-state index contributed by atoms with van der Waals surface area (Å²) in [5.41, 5.74) is 2.46. The van der Waals surface area contributed by atoms with E-state index in [-0.39, 0.29) is 12.6 Å². The van der Waals surface area contributed by atoms with Gasteiger partial charge in [-0.15, -0.1) is 0 Å². The second-order valence-corrected chi connectivity index (χ2v) is 8.96. The van der Waals surface area contributed by atoms with Gasteiger partial charge in [-0.3, -0.25) is 9.69 Å². The third-order valence-corrected chi connectivity index (χ3v) is 6.57. The summed E-state index contributed by atoms with van der Waals surface area (Å²) in [5, 5.41) is 6.19. The fourth-order valence-electron chi connectivity index (χ4n) is 3.56. The number of rotatable bonds is 6. The van der Waals surface area contributed by atoms with E-state index in [2.05, 4.69) is 10.00 Å². The molecule has 4 rings (SSSR count). The number of hydrogen-bond acceptors (Lipinski definition) is 4. The fourth-order valence-corrected chi connectivity index (χ4v) is 4.00. The summed E-state index contributed by atoms with van der Waals surface area (Å²) in [4.78, 5) is 17.0. The minimum absolute atomic E-state index is 0.0692. The summed E-state index contributed by atoms with van der Waals surface area (Å²) < 4.78 is 7.35. The monoisotopic (exact) mass is 492 g/mol. The van der Waals surface area contributed by atoms with E-state index in [1.807, 2.05) is 42.2 Å². The van der Waals surface area contributed by atoms with E-state index >= 15 is 0 Å². The molecule has 0 unspecified atom stereocenters. The summed E-state index contributed by atoms with van der Waals surface area (Å²) in [6.07, 6.45) is 1.75. The quantitative estimate of drug-likeness (QED) is 0.477. The predicted octanol–water partition coefficient (Wildman–Crippen LogP) is 5.15. The molecule has 1 aromatic heterocycles. The van der Waals surface area contributed by atoms with Crippen LogP contribution in [0, 0.1) is 6.92 Å². The molecule has 0 aliphatic carbocycles. The SMILES string of the molecule is Cc1cc(OCn2ccc(C(=O)N3CCN(Cc4ccc(Cl)c(Cl)c4)CC3)n2)ccc1Cl. The second-order valence-electron chi connectivity index (χ2n) is 7.74. The molecule has 0 radical (unpaired) electrons. The first-order valence-electron chi connectivity index (χ1n) is 10.3. The molecule has 1 saturated heterocycles. The molecule has 1 aliphatic rings. The average Bonchev–Trinajstić information content (AvgIpc) is 3.26. The standard InChI is InChI=1S/C23H23Cl3N4O2/c1-16-12-18(3-5-19(16)24)32-15-30-7-6-22(27-30)23(31)29-10-8-28(9-11-29)14-17-2-4-20(25)21(26)13-17/h2-7,12-13H,8-11,14-15H2,1H3. The van der Waals surface area contributed by atoms with Crippen LogP contribution in [-0.2, 0) is 13.3 Å². The van der Waals surface area contributed by atoms with Gasteiger partial charge in [0.2, 0.25) is 0 Å². The first kappa shape index (κ1) is 22.9. The first-order valence-corrected chi connectivity index (χ1v) is 11.4. The van der Waals surface area contributed by atoms with E-state index in [0.29, 0.717) is 39.6 Å². The lowest BCUT2D eigenvalue weighted by Gasteiger charge is -2.34. The summed E-state index contributed by atoms with van der Waals surface area (Å²) in [5.74, 6) is 0.633. The molecule has 6 nitrogen and oxygen atoms in total. The van der Waals surface area contributed by atoms with Crippen molar-refractivity contribution < 1.29 is 9.53 Å². The summed E-state index contributed by atoms with van der Waals surface area (Å²) in [6.45, 7) is 5.77. The Bertz CT molecular complexity index is 1110. The van der Waals surface area contributed by atoms with Crippen molar-refractivity contribution in [2.24, 2.45) is 0 Å². The van der Waals surface area contributed by atoms with Gasteiger partial charge in [0.25, 0.3) is 5.91 Å². The Labute approximate surface area is 202 Å². The highest BCUT2D eigenvalue weighted by Crippen LogP contribution is 2.24. The van der Waals surface area contributed by atoms with Crippen LogP contribution in [-0.4, -0.2) is 51.7 Å². The van der Waals surface area contributed by atoms with Crippen LogP contribution in [0.1, 0.15) is 21.6 Å². The second kappa shape index (κ2) is 10.1. The van der Waals surface area contributed by atoms with Gasteiger partial charge in [-0.2, -0.15) is 5.10 Å². The summed E-state index contributed by atoms with van der Waals surface area (Å²) >= 11 is 18.1. The Kier molecular flexibility index (Phi) is 7.26. The van der Waals surface area contributed by atoms with Gasteiger partial charge in [0.1, 0.15) is 5.75 Å². The molecule has 0 atom stereocenters. The minimum Gasteiger partial charge on any atom is -0.471 e. The fraction of sp³-hybridized carbons (Fsp3) is 0.304.